The molecule has 15 heteroatoms. The van der Waals surface area contributed by atoms with Gasteiger partial charge in [0.1, 0.15) is 22.5 Å². The smallest absolute Gasteiger partial charge is 0.345 e. The third kappa shape index (κ3) is 7.91. The fourth-order valence-corrected chi connectivity index (χ4v) is 3.43. The topological polar surface area (TPSA) is 203 Å². The van der Waals surface area contributed by atoms with Crippen molar-refractivity contribution in [3.05, 3.63) is 60.6 Å². The molecule has 4 N–H and O–H groups in total. The number of carbonyl (C=O) groups excluding carboxylic acids is 2. The van der Waals surface area contributed by atoms with Crippen LogP contribution >= 0.6 is 11.6 Å². The van der Waals surface area contributed by atoms with Gasteiger partial charge >= 0.3 is 23.3 Å². The first kappa shape index (κ1) is 32.8. The van der Waals surface area contributed by atoms with Crippen molar-refractivity contribution in [1.29, 1.82) is 0 Å². The number of hydrogen-bond donors (Lipinski definition) is 2. The van der Waals surface area contributed by atoms with Crippen LogP contribution in [-0.2, 0) is 14.2 Å². The van der Waals surface area contributed by atoms with Gasteiger partial charge in [-0.05, 0) is 24.3 Å². The quantitative estimate of drug-likeness (QED) is 0.240. The predicted octanol–water partition coefficient (Wildman–Crippen LogP) is 3.69. The molecule has 14 nitrogen and oxygen atoms in total. The lowest BCUT2D eigenvalue weighted by molar-refractivity contribution is -0.384. The maximum absolute atomic E-state index is 11.7. The van der Waals surface area contributed by atoms with E-state index >= 15 is 0 Å². The first-order chi connectivity index (χ1) is 16.5. The van der Waals surface area contributed by atoms with E-state index in [2.05, 4.69) is 9.47 Å². The Bertz CT molecular complexity index is 1150. The molecule has 3 rings (SSSR count). The van der Waals surface area contributed by atoms with Crippen molar-refractivity contribution >= 4 is 52.0 Å². The molecule has 1 aliphatic heterocycles. The van der Waals surface area contributed by atoms with Crippen molar-refractivity contribution in [2.24, 2.45) is 0 Å². The van der Waals surface area contributed by atoms with E-state index in [4.69, 9.17) is 27.8 Å². The molecule has 0 atom stereocenters. The number of ether oxygens (including phenoxy) is 3. The van der Waals surface area contributed by atoms with Crippen LogP contribution in [0, 0.1) is 20.2 Å². The van der Waals surface area contributed by atoms with Crippen molar-refractivity contribution in [3.63, 3.8) is 0 Å². The maximum Gasteiger partial charge on any atom is 0.345 e. The second-order valence-electron chi connectivity index (χ2n) is 6.92. The number of benzene rings is 2. The molecule has 1 heterocycles. The lowest BCUT2D eigenvalue weighted by atomic mass is 10.1. The van der Waals surface area contributed by atoms with E-state index in [0.29, 0.717) is 32.0 Å². The molecule has 0 unspecified atom stereocenters. The minimum absolute atomic E-state index is 0. The second-order valence-corrected chi connectivity index (χ2v) is 7.36. The maximum atomic E-state index is 11.7. The number of anilines is 3. The van der Waals surface area contributed by atoms with Gasteiger partial charge in [-0.3, -0.25) is 20.2 Å². The van der Waals surface area contributed by atoms with Crippen LogP contribution in [0.3, 0.4) is 0 Å². The number of carbonyl (C=O) groups is 2. The number of methoxy groups -OCH3 is 2. The van der Waals surface area contributed by atoms with Gasteiger partial charge in [0.05, 0.1) is 37.3 Å². The van der Waals surface area contributed by atoms with Crippen molar-refractivity contribution in [2.45, 2.75) is 14.9 Å². The molecule has 1 fully saturated rings. The van der Waals surface area contributed by atoms with E-state index in [1.54, 1.807) is 0 Å². The van der Waals surface area contributed by atoms with E-state index in [-0.39, 0.29) is 42.4 Å². The summed E-state index contributed by atoms with van der Waals surface area (Å²) in [5, 5.41) is 21.8. The number of nitro benzene ring substituents is 2. The molecule has 0 aromatic heterocycles. The summed E-state index contributed by atoms with van der Waals surface area (Å²) in [7, 11) is 2.28. The lowest BCUT2D eigenvalue weighted by Crippen LogP contribution is -2.36. The summed E-state index contributed by atoms with van der Waals surface area (Å²) in [5.41, 5.74) is 10.2. The molecule has 204 valence electrons. The van der Waals surface area contributed by atoms with Gasteiger partial charge in [0.25, 0.3) is 0 Å². The van der Waals surface area contributed by atoms with E-state index in [1.807, 2.05) is 4.90 Å². The summed E-state index contributed by atoms with van der Waals surface area (Å²) in [6.07, 6.45) is 0. The van der Waals surface area contributed by atoms with E-state index in [9.17, 15) is 29.8 Å². The zero-order valence-electron chi connectivity index (χ0n) is 18.7. The minimum atomic E-state index is -0.851. The van der Waals surface area contributed by atoms with Gasteiger partial charge in [0.15, 0.2) is 0 Å². The number of halogens is 1. The van der Waals surface area contributed by atoms with Crippen LogP contribution in [0.15, 0.2) is 24.3 Å². The van der Waals surface area contributed by atoms with Gasteiger partial charge in [-0.1, -0.05) is 26.5 Å². The Labute approximate surface area is 218 Å². The lowest BCUT2D eigenvalue weighted by Gasteiger charge is -2.29. The molecular formula is C22H30ClN5O9. The largest absolute Gasteiger partial charge is 0.465 e. The summed E-state index contributed by atoms with van der Waals surface area (Å²) in [6, 6.07) is 5.27. The third-order valence-corrected chi connectivity index (χ3v) is 5.00. The minimum Gasteiger partial charge on any atom is -0.465 e. The highest BCUT2D eigenvalue weighted by Gasteiger charge is 2.27. The molecule has 2 aromatic carbocycles. The Kier molecular flexibility index (Phi) is 12.8. The Morgan fingerprint density at radius 3 is 1.76 bits per heavy atom. The Balaban J connectivity index is 0.000000690. The zero-order valence-corrected chi connectivity index (χ0v) is 19.4. The number of nitrogens with two attached hydrogens (primary N) is 2. The number of morpholine rings is 1. The van der Waals surface area contributed by atoms with Crippen LogP contribution < -0.4 is 16.4 Å². The van der Waals surface area contributed by atoms with Crippen molar-refractivity contribution < 1.29 is 33.6 Å². The van der Waals surface area contributed by atoms with Crippen LogP contribution in [0.4, 0.5) is 28.4 Å². The Morgan fingerprint density at radius 1 is 0.892 bits per heavy atom. The van der Waals surface area contributed by atoms with Crippen molar-refractivity contribution in [1.82, 2.24) is 0 Å². The summed E-state index contributed by atoms with van der Waals surface area (Å²) >= 11 is 5.62. The molecule has 0 saturated carbocycles. The van der Waals surface area contributed by atoms with Crippen LogP contribution in [0.5, 0.6) is 0 Å². The van der Waals surface area contributed by atoms with Gasteiger partial charge in [-0.25, -0.2) is 9.59 Å². The molecule has 0 radical (unpaired) electrons. The van der Waals surface area contributed by atoms with Gasteiger partial charge in [-0.15, -0.1) is 0 Å². The number of nitro groups is 2. The molecule has 2 aromatic rings. The second kappa shape index (κ2) is 14.4. The average molecular weight is 544 g/mol. The fourth-order valence-electron chi connectivity index (χ4n) is 3.20. The van der Waals surface area contributed by atoms with E-state index in [1.165, 1.54) is 25.3 Å². The number of hydrogen-bond acceptors (Lipinski definition) is 12. The average Bonchev–Trinajstić information content (AvgIpc) is 2.82. The summed E-state index contributed by atoms with van der Waals surface area (Å²) < 4.78 is 14.2. The highest BCUT2D eigenvalue weighted by atomic mass is 35.5. The fraction of sp³-hybridized carbons (Fsp3) is 0.364. The first-order valence-corrected chi connectivity index (χ1v) is 10.2. The van der Waals surface area contributed by atoms with Crippen molar-refractivity contribution in [2.75, 3.05) is 56.9 Å². The van der Waals surface area contributed by atoms with Crippen LogP contribution in [-0.4, -0.2) is 62.3 Å². The normalized spacial score (nSPS) is 12.0. The number of rotatable bonds is 5. The highest BCUT2D eigenvalue weighted by molar-refractivity contribution is 6.31. The molecule has 1 saturated heterocycles. The van der Waals surface area contributed by atoms with Crippen LogP contribution in [0.1, 0.15) is 35.6 Å². The zero-order chi connectivity index (χ0) is 26.3. The number of nitrogen functional groups attached to an aromatic ring is 2. The third-order valence-electron chi connectivity index (χ3n) is 4.78. The van der Waals surface area contributed by atoms with E-state index < -0.39 is 33.2 Å². The summed E-state index contributed by atoms with van der Waals surface area (Å²) in [5.74, 6) is -1.63. The molecule has 0 bridgehead atoms. The Hall–Kier alpha value is -4.17. The molecule has 1 aliphatic rings. The van der Waals surface area contributed by atoms with Crippen LogP contribution in [0.25, 0.3) is 0 Å². The molecular weight excluding hydrogens is 514 g/mol. The van der Waals surface area contributed by atoms with Crippen LogP contribution in [0.2, 0.25) is 5.02 Å². The highest BCUT2D eigenvalue weighted by Crippen LogP contribution is 2.33. The SMILES string of the molecule is C.C.COC(=O)c1cc(Cl)cc(N)c1[N+](=O)[O-].COC(=O)c1cc(N2CCOCC2)cc(N)c1[N+](=O)[O-]. The standard InChI is InChI=1S/C12H15N3O5.C8H7ClN2O4.2CH4/c1-19-12(16)9-6-8(14-2-4-20-5-3-14)7-10(13)11(9)15(17)18;1-15-8(12)5-2-4(9)3-6(10)7(5)11(13)14;;/h6-7H,2-5,13H2,1H3;2-3H,10H2,1H3;2*1H4. The molecule has 0 aliphatic carbocycles. The molecule has 0 spiro atoms. The monoisotopic (exact) mass is 543 g/mol. The van der Waals surface area contributed by atoms with Gasteiger partial charge in [-0.2, -0.15) is 0 Å². The predicted molar refractivity (Wildman–Crippen MR) is 139 cm³/mol. The number of esters is 2. The molecule has 37 heavy (non-hydrogen) atoms. The summed E-state index contributed by atoms with van der Waals surface area (Å²) in [4.78, 5) is 45.1. The first-order valence-electron chi connectivity index (χ1n) is 9.82. The van der Waals surface area contributed by atoms with Gasteiger partial charge < -0.3 is 30.6 Å². The van der Waals surface area contributed by atoms with E-state index in [0.717, 1.165) is 13.2 Å². The summed E-state index contributed by atoms with van der Waals surface area (Å²) in [6.45, 7) is 2.39. The number of nitrogens with zero attached hydrogens (tertiary/aromatic N) is 3. The Morgan fingerprint density at radius 2 is 1.32 bits per heavy atom. The van der Waals surface area contributed by atoms with Crippen molar-refractivity contribution in [3.8, 4) is 0 Å². The van der Waals surface area contributed by atoms with Gasteiger partial charge in [0, 0.05) is 23.8 Å². The van der Waals surface area contributed by atoms with Gasteiger partial charge in [0.2, 0.25) is 0 Å². The molecule has 0 amide bonds.